The first kappa shape index (κ1) is 10.0. The van der Waals surface area contributed by atoms with E-state index >= 15 is 0 Å². The highest BCUT2D eigenvalue weighted by molar-refractivity contribution is 9.11. The Morgan fingerprint density at radius 3 is 2.62 bits per heavy atom. The van der Waals surface area contributed by atoms with Crippen LogP contribution in [0.4, 0.5) is 0 Å². The number of halogens is 2. The molecule has 1 saturated carbocycles. The Bertz CT molecular complexity index is 285. The average Bonchev–Trinajstić information content (AvgIpc) is 2.44. The van der Waals surface area contributed by atoms with Crippen molar-refractivity contribution in [2.24, 2.45) is 5.41 Å². The molecule has 13 heavy (non-hydrogen) atoms. The van der Waals surface area contributed by atoms with E-state index in [-0.39, 0.29) is 0 Å². The van der Waals surface area contributed by atoms with Crippen LogP contribution in [0.15, 0.2) is 15.9 Å². The quantitative estimate of drug-likeness (QED) is 0.717. The van der Waals surface area contributed by atoms with Crippen LogP contribution in [-0.4, -0.2) is 5.88 Å². The van der Waals surface area contributed by atoms with Gasteiger partial charge in [0.05, 0.1) is 3.79 Å². The Morgan fingerprint density at radius 2 is 2.23 bits per heavy atom. The molecule has 1 aliphatic carbocycles. The van der Waals surface area contributed by atoms with Gasteiger partial charge < -0.3 is 0 Å². The first-order valence-corrected chi connectivity index (χ1v) is 6.69. The van der Waals surface area contributed by atoms with Crippen LogP contribution in [0.5, 0.6) is 0 Å². The Kier molecular flexibility index (Phi) is 3.01. The highest BCUT2D eigenvalue weighted by atomic mass is 79.9. The van der Waals surface area contributed by atoms with Crippen molar-refractivity contribution < 1.29 is 0 Å². The van der Waals surface area contributed by atoms with Crippen LogP contribution in [0.25, 0.3) is 0 Å². The van der Waals surface area contributed by atoms with Gasteiger partial charge in [-0.1, -0.05) is 6.42 Å². The topological polar surface area (TPSA) is 0 Å². The lowest BCUT2D eigenvalue weighted by atomic mass is 9.68. The fourth-order valence-electron chi connectivity index (χ4n) is 1.85. The van der Waals surface area contributed by atoms with Crippen LogP contribution >= 0.6 is 38.9 Å². The second kappa shape index (κ2) is 3.92. The van der Waals surface area contributed by atoms with Gasteiger partial charge in [0.15, 0.2) is 0 Å². The van der Waals surface area contributed by atoms with Gasteiger partial charge in [-0.2, -0.15) is 0 Å². The summed E-state index contributed by atoms with van der Waals surface area (Å²) in [6, 6.07) is 4.34. The second-order valence-corrected chi connectivity index (χ2v) is 6.68. The predicted molar refractivity (Wildman–Crippen MR) is 62.7 cm³/mol. The third-order valence-corrected chi connectivity index (χ3v) is 5.07. The minimum Gasteiger partial charge on any atom is -0.133 e. The molecule has 1 aromatic heterocycles. The van der Waals surface area contributed by atoms with Gasteiger partial charge in [0.25, 0.3) is 0 Å². The number of thiophene rings is 1. The maximum Gasteiger partial charge on any atom is 0.0701 e. The van der Waals surface area contributed by atoms with Crippen molar-refractivity contribution in [3.63, 3.8) is 0 Å². The molecule has 1 heterocycles. The second-order valence-electron chi connectivity index (χ2n) is 3.87. The van der Waals surface area contributed by atoms with E-state index in [9.17, 15) is 0 Å². The van der Waals surface area contributed by atoms with Crippen LogP contribution in [0.3, 0.4) is 0 Å². The van der Waals surface area contributed by atoms with Gasteiger partial charge in [0.2, 0.25) is 0 Å². The molecule has 0 aromatic carbocycles. The number of alkyl halides is 1. The minimum absolute atomic E-state index is 0.436. The number of rotatable bonds is 3. The van der Waals surface area contributed by atoms with Crippen molar-refractivity contribution in [1.82, 2.24) is 0 Å². The van der Waals surface area contributed by atoms with Crippen LogP contribution in [-0.2, 0) is 6.42 Å². The molecular formula is C10H12BrClS. The molecule has 0 bridgehead atoms. The zero-order chi connectivity index (χ0) is 9.31. The summed E-state index contributed by atoms with van der Waals surface area (Å²) in [5, 5.41) is 0. The lowest BCUT2D eigenvalue weighted by molar-refractivity contribution is 0.167. The summed E-state index contributed by atoms with van der Waals surface area (Å²) in [5.74, 6) is 0.822. The van der Waals surface area contributed by atoms with Gasteiger partial charge >= 0.3 is 0 Å². The van der Waals surface area contributed by atoms with Gasteiger partial charge in [-0.05, 0) is 52.7 Å². The van der Waals surface area contributed by atoms with Gasteiger partial charge in [0.1, 0.15) is 0 Å². The summed E-state index contributed by atoms with van der Waals surface area (Å²) in [4.78, 5) is 1.47. The Labute approximate surface area is 96.4 Å². The normalized spacial score (nSPS) is 19.8. The molecule has 0 nitrogen and oxygen atoms in total. The Balaban J connectivity index is 2.04. The highest BCUT2D eigenvalue weighted by Gasteiger charge is 2.36. The third kappa shape index (κ3) is 2.11. The van der Waals surface area contributed by atoms with Crippen molar-refractivity contribution in [2.45, 2.75) is 25.7 Å². The standard InChI is InChI=1S/C10H12BrClS/c11-9-3-2-8(13-9)6-10(7-12)4-1-5-10/h2-3H,1,4-7H2. The van der Waals surface area contributed by atoms with E-state index < -0.39 is 0 Å². The zero-order valence-electron chi connectivity index (χ0n) is 7.35. The molecule has 1 aliphatic rings. The van der Waals surface area contributed by atoms with Gasteiger partial charge in [-0.15, -0.1) is 22.9 Å². The van der Waals surface area contributed by atoms with E-state index in [2.05, 4.69) is 28.1 Å². The number of hydrogen-bond acceptors (Lipinski definition) is 1. The molecular weight excluding hydrogens is 268 g/mol. The molecule has 0 unspecified atom stereocenters. The van der Waals surface area contributed by atoms with Crippen molar-refractivity contribution in [1.29, 1.82) is 0 Å². The molecule has 0 amide bonds. The molecule has 2 rings (SSSR count). The summed E-state index contributed by atoms with van der Waals surface area (Å²) >= 11 is 11.3. The molecule has 0 atom stereocenters. The summed E-state index contributed by atoms with van der Waals surface area (Å²) in [5.41, 5.74) is 0.436. The SMILES string of the molecule is ClCC1(Cc2ccc(Br)s2)CCC1. The van der Waals surface area contributed by atoms with Gasteiger partial charge in [-0.3, -0.25) is 0 Å². The number of hydrogen-bond donors (Lipinski definition) is 0. The largest absolute Gasteiger partial charge is 0.133 e. The molecule has 0 saturated heterocycles. The summed E-state index contributed by atoms with van der Waals surface area (Å²) in [6.45, 7) is 0. The van der Waals surface area contributed by atoms with E-state index in [1.54, 1.807) is 0 Å². The fraction of sp³-hybridized carbons (Fsp3) is 0.600. The highest BCUT2D eigenvalue weighted by Crippen LogP contribution is 2.45. The van der Waals surface area contributed by atoms with E-state index in [0.717, 1.165) is 5.88 Å². The van der Waals surface area contributed by atoms with E-state index in [0.29, 0.717) is 5.41 Å². The Hall–Kier alpha value is 0.470. The van der Waals surface area contributed by atoms with Crippen molar-refractivity contribution in [2.75, 3.05) is 5.88 Å². The first-order valence-electron chi connectivity index (χ1n) is 4.54. The summed E-state index contributed by atoms with van der Waals surface area (Å²) in [6.07, 6.45) is 5.16. The summed E-state index contributed by atoms with van der Waals surface area (Å²) < 4.78 is 1.23. The smallest absolute Gasteiger partial charge is 0.0701 e. The van der Waals surface area contributed by atoms with Crippen LogP contribution in [0.1, 0.15) is 24.1 Å². The molecule has 0 radical (unpaired) electrons. The molecule has 1 fully saturated rings. The predicted octanol–water partition coefficient (Wildman–Crippen LogP) is 4.46. The van der Waals surface area contributed by atoms with Crippen LogP contribution in [0, 0.1) is 5.41 Å². The minimum atomic E-state index is 0.436. The van der Waals surface area contributed by atoms with E-state index in [1.807, 2.05) is 11.3 Å². The average molecular weight is 280 g/mol. The lowest BCUT2D eigenvalue weighted by Crippen LogP contribution is -2.33. The fourth-order valence-corrected chi connectivity index (χ4v) is 3.87. The first-order chi connectivity index (χ1) is 6.24. The molecule has 3 heteroatoms. The molecule has 0 aliphatic heterocycles. The maximum absolute atomic E-state index is 6.01. The Morgan fingerprint density at radius 1 is 1.46 bits per heavy atom. The molecule has 0 N–H and O–H groups in total. The molecule has 1 aromatic rings. The van der Waals surface area contributed by atoms with E-state index in [4.69, 9.17) is 11.6 Å². The van der Waals surface area contributed by atoms with Crippen molar-refractivity contribution in [3.05, 3.63) is 20.8 Å². The zero-order valence-corrected chi connectivity index (χ0v) is 10.5. The molecule has 72 valence electrons. The van der Waals surface area contributed by atoms with Gasteiger partial charge in [0, 0.05) is 10.8 Å². The van der Waals surface area contributed by atoms with Crippen molar-refractivity contribution >= 4 is 38.9 Å². The third-order valence-electron chi connectivity index (χ3n) is 2.88. The van der Waals surface area contributed by atoms with E-state index in [1.165, 1.54) is 34.3 Å². The maximum atomic E-state index is 6.01. The van der Waals surface area contributed by atoms with Crippen LogP contribution in [0.2, 0.25) is 0 Å². The molecule has 0 spiro atoms. The van der Waals surface area contributed by atoms with Crippen molar-refractivity contribution in [3.8, 4) is 0 Å². The monoisotopic (exact) mass is 278 g/mol. The summed E-state index contributed by atoms with van der Waals surface area (Å²) in [7, 11) is 0. The lowest BCUT2D eigenvalue weighted by Gasteiger charge is -2.40. The van der Waals surface area contributed by atoms with Crippen LogP contribution < -0.4 is 0 Å². The van der Waals surface area contributed by atoms with Gasteiger partial charge in [-0.25, -0.2) is 0 Å².